The molecule has 0 spiro atoms. The standard InChI is InChI=1S/C15H22N4O/c1-12(2)8-16-9-15-17-11-18-19(15)10-13-6-4-5-7-14(13)20-3/h4-7,11-12,16H,8-10H2,1-3H3. The van der Waals surface area contributed by atoms with Crippen LogP contribution in [-0.4, -0.2) is 28.4 Å². The van der Waals surface area contributed by atoms with Crippen molar-refractivity contribution >= 4 is 0 Å². The number of para-hydroxylation sites is 1. The van der Waals surface area contributed by atoms with Gasteiger partial charge >= 0.3 is 0 Å². The average Bonchev–Trinajstić information content (AvgIpc) is 2.86. The van der Waals surface area contributed by atoms with Crippen LogP contribution >= 0.6 is 0 Å². The Morgan fingerprint density at radius 3 is 2.85 bits per heavy atom. The summed E-state index contributed by atoms with van der Waals surface area (Å²) in [4.78, 5) is 4.31. The van der Waals surface area contributed by atoms with Crippen LogP contribution in [0.4, 0.5) is 0 Å². The van der Waals surface area contributed by atoms with Gasteiger partial charge in [-0.2, -0.15) is 5.10 Å². The second-order valence-corrected chi connectivity index (χ2v) is 5.17. The predicted octanol–water partition coefficient (Wildman–Crippen LogP) is 2.08. The molecule has 0 radical (unpaired) electrons. The first-order valence-electron chi connectivity index (χ1n) is 6.90. The number of nitrogens with one attached hydrogen (secondary N) is 1. The van der Waals surface area contributed by atoms with Gasteiger partial charge in [0.25, 0.3) is 0 Å². The third-order valence-corrected chi connectivity index (χ3v) is 3.04. The van der Waals surface area contributed by atoms with Gasteiger partial charge in [-0.1, -0.05) is 32.0 Å². The topological polar surface area (TPSA) is 52.0 Å². The van der Waals surface area contributed by atoms with Crippen molar-refractivity contribution in [1.29, 1.82) is 0 Å². The third kappa shape index (κ3) is 3.81. The maximum absolute atomic E-state index is 5.37. The highest BCUT2D eigenvalue weighted by Crippen LogP contribution is 2.18. The maximum Gasteiger partial charge on any atom is 0.141 e. The Kier molecular flexibility index (Phi) is 5.12. The molecule has 0 aliphatic rings. The molecule has 0 saturated heterocycles. The molecule has 2 rings (SSSR count). The summed E-state index contributed by atoms with van der Waals surface area (Å²) in [6.45, 7) is 6.75. The molecule has 108 valence electrons. The van der Waals surface area contributed by atoms with Gasteiger partial charge in [0.1, 0.15) is 17.9 Å². The van der Waals surface area contributed by atoms with E-state index in [1.807, 2.05) is 28.9 Å². The normalized spacial score (nSPS) is 11.0. The molecule has 5 heteroatoms. The van der Waals surface area contributed by atoms with Crippen LogP contribution in [-0.2, 0) is 13.1 Å². The van der Waals surface area contributed by atoms with E-state index in [0.29, 0.717) is 12.5 Å². The van der Waals surface area contributed by atoms with Gasteiger partial charge in [-0.3, -0.25) is 0 Å². The van der Waals surface area contributed by atoms with Crippen LogP contribution in [0.25, 0.3) is 0 Å². The molecule has 1 heterocycles. The Bertz CT molecular complexity index is 536. The first kappa shape index (κ1) is 14.5. The number of rotatable bonds is 7. The number of aromatic nitrogens is 3. The van der Waals surface area contributed by atoms with Gasteiger partial charge in [0, 0.05) is 5.56 Å². The molecule has 5 nitrogen and oxygen atoms in total. The highest BCUT2D eigenvalue weighted by molar-refractivity contribution is 5.33. The first-order chi connectivity index (χ1) is 9.70. The highest BCUT2D eigenvalue weighted by Gasteiger charge is 2.08. The zero-order valence-electron chi connectivity index (χ0n) is 12.3. The molecule has 0 unspecified atom stereocenters. The smallest absolute Gasteiger partial charge is 0.141 e. The van der Waals surface area contributed by atoms with E-state index in [1.165, 1.54) is 0 Å². The van der Waals surface area contributed by atoms with E-state index in [1.54, 1.807) is 13.4 Å². The zero-order chi connectivity index (χ0) is 14.4. The van der Waals surface area contributed by atoms with Crippen LogP contribution in [0, 0.1) is 5.92 Å². The molecule has 2 aromatic rings. The van der Waals surface area contributed by atoms with E-state index in [2.05, 4.69) is 29.2 Å². The van der Waals surface area contributed by atoms with Crippen molar-refractivity contribution in [2.75, 3.05) is 13.7 Å². The van der Waals surface area contributed by atoms with Gasteiger partial charge < -0.3 is 10.1 Å². The summed E-state index contributed by atoms with van der Waals surface area (Å²) >= 11 is 0. The number of hydrogen-bond acceptors (Lipinski definition) is 4. The lowest BCUT2D eigenvalue weighted by Gasteiger charge is -2.11. The molecule has 0 aliphatic heterocycles. The lowest BCUT2D eigenvalue weighted by atomic mass is 10.2. The molecule has 20 heavy (non-hydrogen) atoms. The van der Waals surface area contributed by atoms with Crippen LogP contribution in [0.2, 0.25) is 0 Å². The first-order valence-corrected chi connectivity index (χ1v) is 6.90. The van der Waals surface area contributed by atoms with Crippen molar-refractivity contribution in [3.63, 3.8) is 0 Å². The molecule has 1 aromatic heterocycles. The van der Waals surface area contributed by atoms with E-state index in [9.17, 15) is 0 Å². The number of nitrogens with zero attached hydrogens (tertiary/aromatic N) is 3. The molecular weight excluding hydrogens is 252 g/mol. The van der Waals surface area contributed by atoms with Gasteiger partial charge in [-0.25, -0.2) is 9.67 Å². The van der Waals surface area contributed by atoms with Crippen molar-refractivity contribution in [3.8, 4) is 5.75 Å². The van der Waals surface area contributed by atoms with Gasteiger partial charge in [0.2, 0.25) is 0 Å². The molecule has 0 saturated carbocycles. The number of benzene rings is 1. The number of ether oxygens (including phenoxy) is 1. The molecule has 1 aromatic carbocycles. The molecular formula is C15H22N4O. The summed E-state index contributed by atoms with van der Waals surface area (Å²) < 4.78 is 7.28. The van der Waals surface area contributed by atoms with Crippen molar-refractivity contribution in [2.45, 2.75) is 26.9 Å². The Balaban J connectivity index is 2.04. The van der Waals surface area contributed by atoms with E-state index < -0.39 is 0 Å². The lowest BCUT2D eigenvalue weighted by molar-refractivity contribution is 0.406. The zero-order valence-corrected chi connectivity index (χ0v) is 12.3. The Morgan fingerprint density at radius 2 is 2.10 bits per heavy atom. The minimum atomic E-state index is 0.626. The van der Waals surface area contributed by atoms with Gasteiger partial charge in [-0.15, -0.1) is 0 Å². The maximum atomic E-state index is 5.37. The lowest BCUT2D eigenvalue weighted by Crippen LogP contribution is -2.22. The molecule has 0 atom stereocenters. The van der Waals surface area contributed by atoms with E-state index in [0.717, 1.165) is 30.2 Å². The third-order valence-electron chi connectivity index (χ3n) is 3.04. The second-order valence-electron chi connectivity index (χ2n) is 5.17. The molecule has 0 amide bonds. The largest absolute Gasteiger partial charge is 0.496 e. The number of hydrogen-bond donors (Lipinski definition) is 1. The Morgan fingerprint density at radius 1 is 1.30 bits per heavy atom. The quantitative estimate of drug-likeness (QED) is 0.840. The summed E-state index contributed by atoms with van der Waals surface area (Å²) in [5.74, 6) is 2.45. The summed E-state index contributed by atoms with van der Waals surface area (Å²) in [6.07, 6.45) is 1.60. The fourth-order valence-electron chi connectivity index (χ4n) is 2.02. The SMILES string of the molecule is COc1ccccc1Cn1ncnc1CNCC(C)C. The molecule has 0 bridgehead atoms. The predicted molar refractivity (Wildman–Crippen MR) is 78.7 cm³/mol. The van der Waals surface area contributed by atoms with Gasteiger partial charge in [0.15, 0.2) is 0 Å². The average molecular weight is 274 g/mol. The second kappa shape index (κ2) is 7.05. The van der Waals surface area contributed by atoms with Crippen molar-refractivity contribution in [2.24, 2.45) is 5.92 Å². The Labute approximate surface area is 120 Å². The van der Waals surface area contributed by atoms with Crippen LogP contribution in [0.5, 0.6) is 5.75 Å². The fourth-order valence-corrected chi connectivity index (χ4v) is 2.02. The van der Waals surface area contributed by atoms with Gasteiger partial charge in [-0.05, 0) is 18.5 Å². The number of methoxy groups -OCH3 is 1. The van der Waals surface area contributed by atoms with E-state index in [-0.39, 0.29) is 0 Å². The summed E-state index contributed by atoms with van der Waals surface area (Å²) in [6, 6.07) is 7.98. The van der Waals surface area contributed by atoms with Crippen molar-refractivity contribution < 1.29 is 4.74 Å². The van der Waals surface area contributed by atoms with Crippen LogP contribution < -0.4 is 10.1 Å². The van der Waals surface area contributed by atoms with E-state index in [4.69, 9.17) is 4.74 Å². The van der Waals surface area contributed by atoms with Crippen LogP contribution in [0.1, 0.15) is 25.2 Å². The summed E-state index contributed by atoms with van der Waals surface area (Å²) in [7, 11) is 1.69. The Hall–Kier alpha value is -1.88. The molecule has 1 N–H and O–H groups in total. The van der Waals surface area contributed by atoms with Crippen LogP contribution in [0.3, 0.4) is 0 Å². The highest BCUT2D eigenvalue weighted by atomic mass is 16.5. The summed E-state index contributed by atoms with van der Waals surface area (Å²) in [5.41, 5.74) is 1.10. The summed E-state index contributed by atoms with van der Waals surface area (Å²) in [5, 5.41) is 7.68. The van der Waals surface area contributed by atoms with Crippen molar-refractivity contribution in [1.82, 2.24) is 20.1 Å². The molecule has 0 aliphatic carbocycles. The minimum absolute atomic E-state index is 0.626. The minimum Gasteiger partial charge on any atom is -0.496 e. The van der Waals surface area contributed by atoms with Crippen LogP contribution in [0.15, 0.2) is 30.6 Å². The monoisotopic (exact) mass is 274 g/mol. The van der Waals surface area contributed by atoms with Gasteiger partial charge in [0.05, 0.1) is 20.2 Å². The van der Waals surface area contributed by atoms with E-state index >= 15 is 0 Å². The van der Waals surface area contributed by atoms with Crippen molar-refractivity contribution in [3.05, 3.63) is 42.0 Å². The molecule has 0 fully saturated rings. The fraction of sp³-hybridized carbons (Fsp3) is 0.467.